The fourth-order valence-corrected chi connectivity index (χ4v) is 2.26. The molecule has 1 heterocycles. The first-order chi connectivity index (χ1) is 9.60. The molecule has 1 aromatic heterocycles. The Hall–Kier alpha value is -1.32. The summed E-state index contributed by atoms with van der Waals surface area (Å²) in [5, 5.41) is 6.85. The van der Waals surface area contributed by atoms with Crippen LogP contribution >= 0.6 is 0 Å². The topological polar surface area (TPSA) is 49.8 Å². The lowest BCUT2D eigenvalue weighted by atomic mass is 10.1. The fraction of sp³-hybridized carbons (Fsp3) is 0.750. The molecule has 112 valence electrons. The minimum Gasteiger partial charge on any atom is -0.370 e. The molecule has 0 radical (unpaired) electrons. The van der Waals surface area contributed by atoms with Crippen LogP contribution in [0.3, 0.4) is 0 Å². The number of hydrogen-bond donors (Lipinski definition) is 2. The van der Waals surface area contributed by atoms with Crippen LogP contribution in [-0.4, -0.2) is 23.1 Å². The second-order valence-electron chi connectivity index (χ2n) is 6.27. The van der Waals surface area contributed by atoms with Crippen molar-refractivity contribution in [3.05, 3.63) is 11.9 Å². The Morgan fingerprint density at radius 2 is 1.80 bits per heavy atom. The summed E-state index contributed by atoms with van der Waals surface area (Å²) in [4.78, 5) is 9.21. The number of aromatic nitrogens is 2. The van der Waals surface area contributed by atoms with Crippen molar-refractivity contribution in [1.82, 2.24) is 9.97 Å². The quantitative estimate of drug-likeness (QED) is 0.756. The predicted octanol–water partition coefficient (Wildman–Crippen LogP) is 3.88. The summed E-state index contributed by atoms with van der Waals surface area (Å²) >= 11 is 0. The lowest BCUT2D eigenvalue weighted by Crippen LogP contribution is -2.15. The van der Waals surface area contributed by atoms with E-state index in [9.17, 15) is 0 Å². The number of nitrogens with zero attached hydrogens (tertiary/aromatic N) is 2. The van der Waals surface area contributed by atoms with Gasteiger partial charge in [0.15, 0.2) is 0 Å². The van der Waals surface area contributed by atoms with Gasteiger partial charge in [-0.15, -0.1) is 0 Å². The highest BCUT2D eigenvalue weighted by molar-refractivity contribution is 5.47. The summed E-state index contributed by atoms with van der Waals surface area (Å²) in [7, 11) is 0. The van der Waals surface area contributed by atoms with Crippen LogP contribution in [0.2, 0.25) is 0 Å². The van der Waals surface area contributed by atoms with E-state index >= 15 is 0 Å². The smallest absolute Gasteiger partial charge is 0.135 e. The third-order valence-electron chi connectivity index (χ3n) is 3.85. The molecule has 1 aliphatic carbocycles. The second kappa shape index (κ2) is 6.91. The lowest BCUT2D eigenvalue weighted by Gasteiger charge is -2.15. The predicted molar refractivity (Wildman–Crippen MR) is 85.3 cm³/mol. The molecule has 0 amide bonds. The van der Waals surface area contributed by atoms with E-state index in [0.29, 0.717) is 5.92 Å². The van der Waals surface area contributed by atoms with Gasteiger partial charge in [-0.05, 0) is 31.1 Å². The molecule has 1 saturated carbocycles. The highest BCUT2D eigenvalue weighted by Crippen LogP contribution is 2.36. The zero-order chi connectivity index (χ0) is 14.5. The van der Waals surface area contributed by atoms with Gasteiger partial charge < -0.3 is 10.6 Å². The number of hydrogen-bond acceptors (Lipinski definition) is 4. The van der Waals surface area contributed by atoms with Crippen molar-refractivity contribution in [3.8, 4) is 0 Å². The van der Waals surface area contributed by atoms with Crippen LogP contribution in [0.1, 0.15) is 58.7 Å². The van der Waals surface area contributed by atoms with Gasteiger partial charge in [0.2, 0.25) is 0 Å². The molecule has 1 atom stereocenters. The minimum absolute atomic E-state index is 0.347. The molecular weight excluding hydrogens is 248 g/mol. The van der Waals surface area contributed by atoms with E-state index < -0.39 is 0 Å². The van der Waals surface area contributed by atoms with Crippen molar-refractivity contribution < 1.29 is 0 Å². The van der Waals surface area contributed by atoms with Crippen molar-refractivity contribution in [2.24, 2.45) is 11.8 Å². The van der Waals surface area contributed by atoms with Crippen LogP contribution < -0.4 is 10.6 Å². The van der Waals surface area contributed by atoms with Crippen LogP contribution in [0.4, 0.5) is 11.6 Å². The van der Waals surface area contributed by atoms with Crippen molar-refractivity contribution >= 4 is 11.6 Å². The van der Waals surface area contributed by atoms with E-state index in [2.05, 4.69) is 48.3 Å². The number of rotatable bonds is 8. The first-order valence-electron chi connectivity index (χ1n) is 7.96. The van der Waals surface area contributed by atoms with E-state index in [-0.39, 0.29) is 0 Å². The van der Waals surface area contributed by atoms with E-state index in [1.54, 1.807) is 0 Å². The second-order valence-corrected chi connectivity index (χ2v) is 6.27. The monoisotopic (exact) mass is 276 g/mol. The Labute approximate surface area is 122 Å². The molecule has 0 aliphatic heterocycles. The van der Waals surface area contributed by atoms with Gasteiger partial charge >= 0.3 is 0 Å². The molecular formula is C16H28N4. The Morgan fingerprint density at radius 3 is 2.35 bits per heavy atom. The average Bonchev–Trinajstić information content (AvgIpc) is 3.26. The summed E-state index contributed by atoms with van der Waals surface area (Å²) in [6, 6.07) is 2.03. The molecule has 0 spiro atoms. The van der Waals surface area contributed by atoms with Gasteiger partial charge in [-0.25, -0.2) is 9.97 Å². The zero-order valence-electron chi connectivity index (χ0n) is 13.2. The van der Waals surface area contributed by atoms with Gasteiger partial charge in [0.05, 0.1) is 0 Å². The fourth-order valence-electron chi connectivity index (χ4n) is 2.26. The molecule has 20 heavy (non-hydrogen) atoms. The average molecular weight is 276 g/mol. The van der Waals surface area contributed by atoms with Crippen LogP contribution in [0.15, 0.2) is 6.07 Å². The van der Waals surface area contributed by atoms with Crippen molar-refractivity contribution in [2.45, 2.75) is 52.9 Å². The SMILES string of the molecule is CCCNc1cc(NCC(C)C2CC2)nc(C(C)C)n1. The zero-order valence-corrected chi connectivity index (χ0v) is 13.2. The highest BCUT2D eigenvalue weighted by Gasteiger charge is 2.27. The molecule has 0 saturated heterocycles. The molecule has 1 fully saturated rings. The minimum atomic E-state index is 0.347. The molecule has 0 bridgehead atoms. The molecule has 2 N–H and O–H groups in total. The first-order valence-corrected chi connectivity index (χ1v) is 7.96. The molecule has 1 unspecified atom stereocenters. The van der Waals surface area contributed by atoms with Gasteiger partial charge in [0.25, 0.3) is 0 Å². The van der Waals surface area contributed by atoms with Crippen LogP contribution in [-0.2, 0) is 0 Å². The van der Waals surface area contributed by atoms with E-state index in [1.807, 2.05) is 6.07 Å². The maximum atomic E-state index is 4.63. The van der Waals surface area contributed by atoms with Crippen LogP contribution in [0.5, 0.6) is 0 Å². The van der Waals surface area contributed by atoms with Gasteiger partial charge in [0, 0.05) is 25.1 Å². The Balaban J connectivity index is 2.02. The normalized spacial score (nSPS) is 16.2. The summed E-state index contributed by atoms with van der Waals surface area (Å²) in [6.07, 6.45) is 3.89. The standard InChI is InChI=1S/C16H28N4/c1-5-8-17-14-9-15(20-16(19-14)11(2)3)18-10-12(4)13-6-7-13/h9,11-13H,5-8,10H2,1-4H3,(H2,17,18,19,20). The van der Waals surface area contributed by atoms with E-state index in [1.165, 1.54) is 12.8 Å². The van der Waals surface area contributed by atoms with Gasteiger partial charge in [0.1, 0.15) is 17.5 Å². The molecule has 2 rings (SSSR count). The van der Waals surface area contributed by atoms with Crippen LogP contribution in [0.25, 0.3) is 0 Å². The first kappa shape index (κ1) is 15.1. The molecule has 1 aromatic rings. The third kappa shape index (κ3) is 4.36. The van der Waals surface area contributed by atoms with Crippen molar-refractivity contribution in [3.63, 3.8) is 0 Å². The molecule has 4 heteroatoms. The Bertz CT molecular complexity index is 426. The van der Waals surface area contributed by atoms with Crippen molar-refractivity contribution in [1.29, 1.82) is 0 Å². The third-order valence-corrected chi connectivity index (χ3v) is 3.85. The largest absolute Gasteiger partial charge is 0.370 e. The number of nitrogens with one attached hydrogen (secondary N) is 2. The Kier molecular flexibility index (Phi) is 5.21. The van der Waals surface area contributed by atoms with Gasteiger partial charge in [-0.2, -0.15) is 0 Å². The van der Waals surface area contributed by atoms with E-state index in [4.69, 9.17) is 0 Å². The van der Waals surface area contributed by atoms with Gasteiger partial charge in [-0.1, -0.05) is 27.7 Å². The summed E-state index contributed by atoms with van der Waals surface area (Å²) in [5.74, 6) is 4.81. The summed E-state index contributed by atoms with van der Waals surface area (Å²) in [6.45, 7) is 10.7. The van der Waals surface area contributed by atoms with Crippen LogP contribution in [0, 0.1) is 11.8 Å². The van der Waals surface area contributed by atoms with Crippen molar-refractivity contribution in [2.75, 3.05) is 23.7 Å². The maximum absolute atomic E-state index is 4.63. The summed E-state index contributed by atoms with van der Waals surface area (Å²) in [5.41, 5.74) is 0. The number of anilines is 2. The Morgan fingerprint density at radius 1 is 1.15 bits per heavy atom. The highest BCUT2D eigenvalue weighted by atomic mass is 15.1. The lowest BCUT2D eigenvalue weighted by molar-refractivity contribution is 0.535. The van der Waals surface area contributed by atoms with E-state index in [0.717, 1.165) is 48.8 Å². The molecule has 4 nitrogen and oxygen atoms in total. The maximum Gasteiger partial charge on any atom is 0.135 e. The summed E-state index contributed by atoms with van der Waals surface area (Å²) < 4.78 is 0. The molecule has 1 aliphatic rings. The molecule has 0 aromatic carbocycles. The van der Waals surface area contributed by atoms with Gasteiger partial charge in [-0.3, -0.25) is 0 Å².